The zero-order valence-corrected chi connectivity index (χ0v) is 14.2. The highest BCUT2D eigenvalue weighted by atomic mass is 32.2. The first-order valence-corrected chi connectivity index (χ1v) is 8.74. The van der Waals surface area contributed by atoms with Gasteiger partial charge in [-0.1, -0.05) is 60.4 Å². The first-order chi connectivity index (χ1) is 10.7. The molecule has 1 aliphatic rings. The number of hydrogen-bond acceptors (Lipinski definition) is 4. The SMILES string of the molecule is CC(c1ccccc1)N1CSC(=S)N(Cc2ccccn2)C1. The summed E-state index contributed by atoms with van der Waals surface area (Å²) in [6.07, 6.45) is 1.83. The van der Waals surface area contributed by atoms with Gasteiger partial charge >= 0.3 is 0 Å². The van der Waals surface area contributed by atoms with Gasteiger partial charge in [0.2, 0.25) is 0 Å². The fourth-order valence-corrected chi connectivity index (χ4v) is 3.69. The van der Waals surface area contributed by atoms with Crippen molar-refractivity contribution in [3.05, 3.63) is 66.0 Å². The summed E-state index contributed by atoms with van der Waals surface area (Å²) in [4.78, 5) is 9.08. The quantitative estimate of drug-likeness (QED) is 0.790. The number of aromatic nitrogens is 1. The van der Waals surface area contributed by atoms with E-state index in [4.69, 9.17) is 12.2 Å². The van der Waals surface area contributed by atoms with Crippen LogP contribution < -0.4 is 0 Å². The number of nitrogens with zero attached hydrogens (tertiary/aromatic N) is 3. The fraction of sp³-hybridized carbons (Fsp3) is 0.294. The molecule has 1 aliphatic heterocycles. The van der Waals surface area contributed by atoms with Crippen molar-refractivity contribution in [2.75, 3.05) is 12.5 Å². The summed E-state index contributed by atoms with van der Waals surface area (Å²) in [5.74, 6) is 0.938. The molecule has 0 bridgehead atoms. The Hall–Kier alpha value is -1.43. The molecule has 0 spiro atoms. The van der Waals surface area contributed by atoms with Crippen LogP contribution in [0.25, 0.3) is 0 Å². The first kappa shape index (κ1) is 15.5. The predicted octanol–water partition coefficient (Wildman–Crippen LogP) is 3.89. The van der Waals surface area contributed by atoms with Crippen LogP contribution in [-0.2, 0) is 6.54 Å². The Morgan fingerprint density at radius 2 is 1.95 bits per heavy atom. The molecular formula is C17H19N3S2. The monoisotopic (exact) mass is 329 g/mol. The lowest BCUT2D eigenvalue weighted by molar-refractivity contribution is 0.162. The number of thiocarbonyl (C=S) groups is 1. The molecule has 22 heavy (non-hydrogen) atoms. The second-order valence-corrected chi connectivity index (χ2v) is 6.95. The van der Waals surface area contributed by atoms with E-state index in [-0.39, 0.29) is 0 Å². The third kappa shape index (κ3) is 3.66. The molecule has 0 radical (unpaired) electrons. The third-order valence-corrected chi connectivity index (χ3v) is 5.45. The zero-order valence-electron chi connectivity index (χ0n) is 12.6. The van der Waals surface area contributed by atoms with Gasteiger partial charge < -0.3 is 4.90 Å². The fourth-order valence-electron chi connectivity index (χ4n) is 2.53. The number of pyridine rings is 1. The van der Waals surface area contributed by atoms with Crippen molar-refractivity contribution in [3.63, 3.8) is 0 Å². The van der Waals surface area contributed by atoms with Crippen molar-refractivity contribution >= 4 is 28.3 Å². The molecule has 0 saturated carbocycles. The second-order valence-electron chi connectivity index (χ2n) is 5.38. The van der Waals surface area contributed by atoms with Crippen LogP contribution in [0.3, 0.4) is 0 Å². The molecule has 1 aromatic carbocycles. The van der Waals surface area contributed by atoms with Gasteiger partial charge in [-0.25, -0.2) is 0 Å². The molecule has 1 saturated heterocycles. The van der Waals surface area contributed by atoms with E-state index in [2.05, 4.69) is 52.0 Å². The van der Waals surface area contributed by atoms with Crippen LogP contribution >= 0.6 is 24.0 Å². The van der Waals surface area contributed by atoms with Crippen LogP contribution in [0.5, 0.6) is 0 Å². The van der Waals surface area contributed by atoms with Gasteiger partial charge in [0.25, 0.3) is 0 Å². The van der Waals surface area contributed by atoms with Crippen LogP contribution in [0, 0.1) is 0 Å². The maximum atomic E-state index is 5.52. The minimum absolute atomic E-state index is 0.378. The van der Waals surface area contributed by atoms with Crippen LogP contribution in [-0.4, -0.2) is 31.6 Å². The third-order valence-electron chi connectivity index (χ3n) is 3.87. The van der Waals surface area contributed by atoms with E-state index in [1.54, 1.807) is 11.8 Å². The number of benzene rings is 1. The molecule has 1 aromatic heterocycles. The molecule has 2 aromatic rings. The van der Waals surface area contributed by atoms with Crippen LogP contribution in [0.4, 0.5) is 0 Å². The van der Waals surface area contributed by atoms with E-state index in [1.165, 1.54) is 5.56 Å². The van der Waals surface area contributed by atoms with Gasteiger partial charge in [-0.05, 0) is 24.6 Å². The van der Waals surface area contributed by atoms with Gasteiger partial charge in [-0.15, -0.1) is 0 Å². The van der Waals surface area contributed by atoms with Crippen LogP contribution in [0.2, 0.25) is 0 Å². The Balaban J connectivity index is 1.69. The Morgan fingerprint density at radius 3 is 2.68 bits per heavy atom. The van der Waals surface area contributed by atoms with Crippen molar-refractivity contribution in [3.8, 4) is 0 Å². The minimum Gasteiger partial charge on any atom is -0.339 e. The molecule has 2 heterocycles. The molecule has 1 unspecified atom stereocenters. The average molecular weight is 329 g/mol. The zero-order chi connectivity index (χ0) is 15.4. The number of hydrogen-bond donors (Lipinski definition) is 0. The molecular weight excluding hydrogens is 310 g/mol. The van der Waals surface area contributed by atoms with E-state index in [0.717, 1.165) is 29.1 Å². The second kappa shape index (κ2) is 7.22. The Kier molecular flexibility index (Phi) is 5.08. The summed E-state index contributed by atoms with van der Waals surface area (Å²) < 4.78 is 0.960. The highest BCUT2D eigenvalue weighted by molar-refractivity contribution is 8.22. The van der Waals surface area contributed by atoms with Gasteiger partial charge in [0, 0.05) is 12.2 Å². The van der Waals surface area contributed by atoms with E-state index in [0.29, 0.717) is 6.04 Å². The van der Waals surface area contributed by atoms with E-state index >= 15 is 0 Å². The maximum Gasteiger partial charge on any atom is 0.139 e. The number of thioether (sulfide) groups is 1. The summed E-state index contributed by atoms with van der Waals surface area (Å²) in [5, 5.41) is 0. The first-order valence-electron chi connectivity index (χ1n) is 7.34. The van der Waals surface area contributed by atoms with Crippen LogP contribution in [0.1, 0.15) is 24.2 Å². The predicted molar refractivity (Wildman–Crippen MR) is 96.4 cm³/mol. The van der Waals surface area contributed by atoms with Gasteiger partial charge in [-0.3, -0.25) is 9.88 Å². The number of rotatable bonds is 4. The molecule has 1 fully saturated rings. The summed E-state index contributed by atoms with van der Waals surface area (Å²) in [7, 11) is 0. The largest absolute Gasteiger partial charge is 0.339 e. The van der Waals surface area contributed by atoms with E-state index in [1.807, 2.05) is 24.4 Å². The minimum atomic E-state index is 0.378. The van der Waals surface area contributed by atoms with Crippen molar-refractivity contribution in [2.45, 2.75) is 19.5 Å². The van der Waals surface area contributed by atoms with Gasteiger partial charge in [-0.2, -0.15) is 0 Å². The lowest BCUT2D eigenvalue weighted by atomic mass is 10.1. The summed E-state index contributed by atoms with van der Waals surface area (Å²) in [5.41, 5.74) is 2.40. The molecule has 0 amide bonds. The van der Waals surface area contributed by atoms with E-state index in [9.17, 15) is 0 Å². The summed E-state index contributed by atoms with van der Waals surface area (Å²) in [6.45, 7) is 3.87. The molecule has 0 aliphatic carbocycles. The highest BCUT2D eigenvalue weighted by Crippen LogP contribution is 2.28. The Morgan fingerprint density at radius 1 is 1.18 bits per heavy atom. The lowest BCUT2D eigenvalue weighted by Gasteiger charge is -2.39. The van der Waals surface area contributed by atoms with Crippen LogP contribution in [0.15, 0.2) is 54.7 Å². The van der Waals surface area contributed by atoms with Crippen molar-refractivity contribution < 1.29 is 0 Å². The topological polar surface area (TPSA) is 19.4 Å². The lowest BCUT2D eigenvalue weighted by Crippen LogP contribution is -2.45. The molecule has 114 valence electrons. The smallest absolute Gasteiger partial charge is 0.139 e. The molecule has 0 N–H and O–H groups in total. The Labute approximate surface area is 141 Å². The normalized spacial score (nSPS) is 17.5. The van der Waals surface area contributed by atoms with Gasteiger partial charge in [0.1, 0.15) is 4.32 Å². The molecule has 3 nitrogen and oxygen atoms in total. The Bertz CT molecular complexity index is 618. The summed E-state index contributed by atoms with van der Waals surface area (Å²) in [6, 6.07) is 17.0. The molecule has 3 rings (SSSR count). The molecule has 1 atom stereocenters. The maximum absolute atomic E-state index is 5.52. The standard InChI is InChI=1S/C17H19N3S2/c1-14(15-7-3-2-4-8-15)20-12-19(17(21)22-13-20)11-16-9-5-6-10-18-16/h2-10,14H,11-13H2,1H3. The summed E-state index contributed by atoms with van der Waals surface area (Å²) >= 11 is 7.25. The van der Waals surface area contributed by atoms with E-state index < -0.39 is 0 Å². The van der Waals surface area contributed by atoms with Gasteiger partial charge in [0.15, 0.2) is 0 Å². The van der Waals surface area contributed by atoms with Crippen molar-refractivity contribution in [1.29, 1.82) is 0 Å². The highest BCUT2D eigenvalue weighted by Gasteiger charge is 2.26. The average Bonchev–Trinajstić information content (AvgIpc) is 2.58. The van der Waals surface area contributed by atoms with Gasteiger partial charge in [0.05, 0.1) is 24.8 Å². The molecule has 5 heteroatoms. The van der Waals surface area contributed by atoms with Crippen molar-refractivity contribution in [1.82, 2.24) is 14.8 Å². The van der Waals surface area contributed by atoms with Crippen molar-refractivity contribution in [2.24, 2.45) is 0 Å².